The maximum Gasteiger partial charge on any atom is 0.312 e. The molecule has 0 amide bonds. The Morgan fingerprint density at radius 1 is 1.00 bits per heavy atom. The van der Waals surface area contributed by atoms with E-state index in [-0.39, 0.29) is 23.8 Å². The molecule has 7 heteroatoms. The number of hydrogen-bond donors (Lipinski definition) is 0. The van der Waals surface area contributed by atoms with Crippen LogP contribution in [0.4, 0.5) is 0 Å². The van der Waals surface area contributed by atoms with Crippen LogP contribution in [0.3, 0.4) is 0 Å². The number of ether oxygens (including phenoxy) is 2. The lowest BCUT2D eigenvalue weighted by Gasteiger charge is -2.17. The third kappa shape index (κ3) is 3.35. The molecule has 0 saturated heterocycles. The molecule has 0 spiro atoms. The molecule has 1 aliphatic heterocycles. The van der Waals surface area contributed by atoms with Gasteiger partial charge in [0.2, 0.25) is 0 Å². The SMILES string of the molecule is COC(=O)C(C)c1cc2c(c(C(C)C(=O)OC)c1)SSS2. The van der Waals surface area contributed by atoms with Crippen LogP contribution in [0.1, 0.15) is 36.8 Å². The second-order valence-corrected chi connectivity index (χ2v) is 8.61. The van der Waals surface area contributed by atoms with Gasteiger partial charge in [-0.1, -0.05) is 6.07 Å². The van der Waals surface area contributed by atoms with Gasteiger partial charge in [-0.25, -0.2) is 0 Å². The van der Waals surface area contributed by atoms with E-state index in [2.05, 4.69) is 0 Å². The first-order chi connectivity index (χ1) is 9.99. The molecule has 21 heavy (non-hydrogen) atoms. The molecule has 2 atom stereocenters. The van der Waals surface area contributed by atoms with E-state index >= 15 is 0 Å². The summed E-state index contributed by atoms with van der Waals surface area (Å²) in [5.41, 5.74) is 1.77. The van der Waals surface area contributed by atoms with E-state index in [0.717, 1.165) is 20.9 Å². The highest BCUT2D eigenvalue weighted by atomic mass is 33.5. The number of benzene rings is 1. The van der Waals surface area contributed by atoms with Gasteiger partial charge in [-0.05, 0) is 62.5 Å². The van der Waals surface area contributed by atoms with E-state index in [1.807, 2.05) is 19.1 Å². The van der Waals surface area contributed by atoms with Crippen molar-refractivity contribution in [2.45, 2.75) is 35.5 Å². The van der Waals surface area contributed by atoms with Gasteiger partial charge in [0.25, 0.3) is 0 Å². The van der Waals surface area contributed by atoms with Crippen LogP contribution >= 0.6 is 31.4 Å². The Bertz CT molecular complexity index is 574. The van der Waals surface area contributed by atoms with Crippen molar-refractivity contribution in [1.29, 1.82) is 0 Å². The van der Waals surface area contributed by atoms with Crippen molar-refractivity contribution in [2.24, 2.45) is 0 Å². The predicted molar refractivity (Wildman–Crippen MR) is 86.6 cm³/mol. The number of methoxy groups -OCH3 is 2. The van der Waals surface area contributed by atoms with E-state index in [4.69, 9.17) is 9.47 Å². The van der Waals surface area contributed by atoms with Gasteiger partial charge in [0.05, 0.1) is 26.1 Å². The normalized spacial score (nSPS) is 16.0. The summed E-state index contributed by atoms with van der Waals surface area (Å²) in [5, 5.41) is 0. The summed E-state index contributed by atoms with van der Waals surface area (Å²) in [6.07, 6.45) is 0. The van der Waals surface area contributed by atoms with Crippen LogP contribution < -0.4 is 0 Å². The van der Waals surface area contributed by atoms with Crippen molar-refractivity contribution in [3.63, 3.8) is 0 Å². The van der Waals surface area contributed by atoms with Gasteiger partial charge in [-0.15, -0.1) is 0 Å². The zero-order chi connectivity index (χ0) is 15.6. The third-order valence-corrected chi connectivity index (χ3v) is 7.48. The lowest BCUT2D eigenvalue weighted by Crippen LogP contribution is -2.14. The molecule has 0 N–H and O–H groups in total. The number of hydrogen-bond acceptors (Lipinski definition) is 7. The zero-order valence-corrected chi connectivity index (χ0v) is 14.6. The summed E-state index contributed by atoms with van der Waals surface area (Å²) < 4.78 is 9.65. The molecule has 1 aromatic carbocycles. The number of fused-ring (bicyclic) bond motifs is 1. The number of rotatable bonds is 4. The van der Waals surface area contributed by atoms with Gasteiger partial charge < -0.3 is 9.47 Å². The van der Waals surface area contributed by atoms with Crippen molar-refractivity contribution in [3.8, 4) is 0 Å². The predicted octanol–water partition coefficient (Wildman–Crippen LogP) is 4.00. The Morgan fingerprint density at radius 3 is 2.24 bits per heavy atom. The molecular weight excluding hydrogens is 328 g/mol. The van der Waals surface area contributed by atoms with E-state index in [1.165, 1.54) is 14.2 Å². The largest absolute Gasteiger partial charge is 0.469 e. The standard InChI is InChI=1S/C14H16O4S3/c1-7(13(15)17-3)9-5-10(8(2)14(16)18-4)12-11(6-9)19-21-20-12/h5-8H,1-4H3. The van der Waals surface area contributed by atoms with Gasteiger partial charge >= 0.3 is 11.9 Å². The van der Waals surface area contributed by atoms with Gasteiger partial charge in [-0.2, -0.15) is 0 Å². The Hall–Kier alpha value is -0.790. The molecule has 4 nitrogen and oxygen atoms in total. The summed E-state index contributed by atoms with van der Waals surface area (Å²) in [4.78, 5) is 25.8. The molecule has 1 aliphatic rings. The third-order valence-electron chi connectivity index (χ3n) is 3.42. The van der Waals surface area contributed by atoms with Crippen molar-refractivity contribution in [1.82, 2.24) is 0 Å². The minimum absolute atomic E-state index is 0.275. The number of carbonyl (C=O) groups excluding carboxylic acids is 2. The van der Waals surface area contributed by atoms with Gasteiger partial charge in [-0.3, -0.25) is 9.59 Å². The van der Waals surface area contributed by atoms with E-state index < -0.39 is 0 Å². The summed E-state index contributed by atoms with van der Waals surface area (Å²) in [6, 6.07) is 3.92. The van der Waals surface area contributed by atoms with E-state index in [1.54, 1.807) is 38.3 Å². The van der Waals surface area contributed by atoms with Crippen molar-refractivity contribution < 1.29 is 19.1 Å². The molecule has 0 radical (unpaired) electrons. The fourth-order valence-corrected chi connectivity index (χ4v) is 6.72. The monoisotopic (exact) mass is 344 g/mol. The molecule has 0 saturated carbocycles. The van der Waals surface area contributed by atoms with Crippen LogP contribution in [0.15, 0.2) is 21.9 Å². The van der Waals surface area contributed by atoms with Crippen LogP contribution in [0.25, 0.3) is 0 Å². The molecule has 0 fully saturated rings. The highest BCUT2D eigenvalue weighted by molar-refractivity contribution is 9.10. The van der Waals surface area contributed by atoms with Crippen LogP contribution in [0.5, 0.6) is 0 Å². The Balaban J connectivity index is 2.47. The molecule has 1 heterocycles. The first kappa shape index (κ1) is 16.6. The topological polar surface area (TPSA) is 52.6 Å². The highest BCUT2D eigenvalue weighted by Gasteiger charge is 2.28. The average Bonchev–Trinajstić information content (AvgIpc) is 2.99. The van der Waals surface area contributed by atoms with Crippen molar-refractivity contribution in [2.75, 3.05) is 14.2 Å². The first-order valence-electron chi connectivity index (χ1n) is 6.34. The number of carbonyl (C=O) groups is 2. The zero-order valence-electron chi connectivity index (χ0n) is 12.2. The molecule has 0 aliphatic carbocycles. The lowest BCUT2D eigenvalue weighted by molar-refractivity contribution is -0.142. The van der Waals surface area contributed by atoms with E-state index in [9.17, 15) is 9.59 Å². The fraction of sp³-hybridized carbons (Fsp3) is 0.429. The van der Waals surface area contributed by atoms with Crippen LogP contribution in [-0.4, -0.2) is 26.2 Å². The van der Waals surface area contributed by atoms with Crippen LogP contribution in [-0.2, 0) is 19.1 Å². The van der Waals surface area contributed by atoms with E-state index in [0.29, 0.717) is 0 Å². The fourth-order valence-electron chi connectivity index (χ4n) is 2.07. The molecular formula is C14H16O4S3. The maximum atomic E-state index is 11.8. The molecule has 1 aromatic rings. The second kappa shape index (κ2) is 6.98. The highest BCUT2D eigenvalue weighted by Crippen LogP contribution is 2.58. The smallest absolute Gasteiger partial charge is 0.312 e. The average molecular weight is 344 g/mol. The summed E-state index contributed by atoms with van der Waals surface area (Å²) in [5.74, 6) is -1.28. The minimum atomic E-state index is -0.361. The minimum Gasteiger partial charge on any atom is -0.469 e. The van der Waals surface area contributed by atoms with Crippen molar-refractivity contribution in [3.05, 3.63) is 23.3 Å². The lowest BCUT2D eigenvalue weighted by atomic mass is 9.94. The molecule has 0 aromatic heterocycles. The molecule has 2 rings (SSSR count). The molecule has 2 unspecified atom stereocenters. The summed E-state index contributed by atoms with van der Waals surface area (Å²) in [6.45, 7) is 3.63. The van der Waals surface area contributed by atoms with Crippen molar-refractivity contribution >= 4 is 43.4 Å². The Labute approximate surface area is 135 Å². The number of esters is 2. The van der Waals surface area contributed by atoms with Gasteiger partial charge in [0, 0.05) is 9.79 Å². The second-order valence-electron chi connectivity index (χ2n) is 4.66. The van der Waals surface area contributed by atoms with Crippen LogP contribution in [0, 0.1) is 0 Å². The maximum absolute atomic E-state index is 11.8. The molecule has 0 bridgehead atoms. The van der Waals surface area contributed by atoms with Gasteiger partial charge in [0.1, 0.15) is 0 Å². The van der Waals surface area contributed by atoms with Crippen LogP contribution in [0.2, 0.25) is 0 Å². The first-order valence-corrected chi connectivity index (χ1v) is 9.82. The Morgan fingerprint density at radius 2 is 1.62 bits per heavy atom. The summed E-state index contributed by atoms with van der Waals surface area (Å²) >= 11 is 0. The molecule has 114 valence electrons. The van der Waals surface area contributed by atoms with Gasteiger partial charge in [0.15, 0.2) is 0 Å². The Kier molecular flexibility index (Phi) is 5.51. The summed E-state index contributed by atoms with van der Waals surface area (Å²) in [7, 11) is 7.70. The quantitative estimate of drug-likeness (QED) is 0.604.